The minimum Gasteiger partial charge on any atom is -0.507 e. The second kappa shape index (κ2) is 9.86. The Morgan fingerprint density at radius 1 is 0.969 bits per heavy atom. The van der Waals surface area contributed by atoms with Crippen LogP contribution in [0.2, 0.25) is 0 Å². The first-order valence-corrected chi connectivity index (χ1v) is 10.1. The van der Waals surface area contributed by atoms with E-state index in [0.717, 1.165) is 0 Å². The van der Waals surface area contributed by atoms with E-state index < -0.39 is 34.4 Å². The van der Waals surface area contributed by atoms with Gasteiger partial charge in [0.1, 0.15) is 5.76 Å². The van der Waals surface area contributed by atoms with Crippen molar-refractivity contribution in [3.63, 3.8) is 0 Å². The highest BCUT2D eigenvalue weighted by Crippen LogP contribution is 2.39. The number of amides is 1. The lowest BCUT2D eigenvalue weighted by Crippen LogP contribution is -2.30. The maximum absolute atomic E-state index is 12.9. The summed E-state index contributed by atoms with van der Waals surface area (Å²) >= 11 is 0. The number of nitrogens with zero attached hydrogens (tertiary/aromatic N) is 2. The van der Waals surface area contributed by atoms with E-state index >= 15 is 0 Å². The molecule has 1 fully saturated rings. The lowest BCUT2D eigenvalue weighted by molar-refractivity contribution is -0.384. The van der Waals surface area contributed by atoms with Crippen molar-refractivity contribution >= 4 is 29.1 Å². The Balaban J connectivity index is 1.95. The van der Waals surface area contributed by atoms with E-state index in [1.54, 1.807) is 30.3 Å². The van der Waals surface area contributed by atoms with Gasteiger partial charge in [0.05, 0.1) is 16.5 Å². The van der Waals surface area contributed by atoms with Gasteiger partial charge in [-0.2, -0.15) is 0 Å². The molecule has 0 bridgehead atoms. The summed E-state index contributed by atoms with van der Waals surface area (Å²) in [5, 5.41) is 30.6. The van der Waals surface area contributed by atoms with Gasteiger partial charge < -0.3 is 15.1 Å². The number of rotatable bonds is 9. The van der Waals surface area contributed by atoms with E-state index in [0.29, 0.717) is 24.8 Å². The number of aliphatic hydroxyl groups excluding tert-OH is 1. The molecule has 0 radical (unpaired) electrons. The summed E-state index contributed by atoms with van der Waals surface area (Å²) in [5.41, 5.74) is 0.584. The van der Waals surface area contributed by atoms with Crippen molar-refractivity contribution < 1.29 is 29.5 Å². The van der Waals surface area contributed by atoms with Crippen molar-refractivity contribution in [2.24, 2.45) is 0 Å². The Kier molecular flexibility index (Phi) is 6.99. The number of unbranched alkanes of at least 4 members (excludes halogenated alkanes) is 2. The summed E-state index contributed by atoms with van der Waals surface area (Å²) in [7, 11) is 0. The van der Waals surface area contributed by atoms with Gasteiger partial charge in [-0.3, -0.25) is 24.5 Å². The molecule has 1 heterocycles. The van der Waals surface area contributed by atoms with E-state index in [1.807, 2.05) is 0 Å². The summed E-state index contributed by atoms with van der Waals surface area (Å²) in [4.78, 5) is 48.1. The van der Waals surface area contributed by atoms with Crippen molar-refractivity contribution in [1.29, 1.82) is 0 Å². The van der Waals surface area contributed by atoms with Crippen LogP contribution in [0, 0.1) is 10.1 Å². The van der Waals surface area contributed by atoms with Gasteiger partial charge in [-0.05, 0) is 30.5 Å². The summed E-state index contributed by atoms with van der Waals surface area (Å²) < 4.78 is 0. The molecule has 1 unspecified atom stereocenters. The van der Waals surface area contributed by atoms with E-state index in [1.165, 1.54) is 29.2 Å². The molecule has 1 saturated heterocycles. The molecule has 2 aromatic carbocycles. The van der Waals surface area contributed by atoms with Crippen LogP contribution in [0.15, 0.2) is 60.2 Å². The monoisotopic (exact) mass is 438 g/mol. The number of hydrogen-bond acceptors (Lipinski definition) is 6. The predicted octanol–water partition coefficient (Wildman–Crippen LogP) is 3.66. The maximum atomic E-state index is 12.9. The van der Waals surface area contributed by atoms with Gasteiger partial charge >= 0.3 is 5.97 Å². The zero-order chi connectivity index (χ0) is 23.3. The summed E-state index contributed by atoms with van der Waals surface area (Å²) in [6.45, 7) is 0.223. The van der Waals surface area contributed by atoms with Crippen molar-refractivity contribution in [1.82, 2.24) is 4.90 Å². The molecule has 3 rings (SSSR count). The van der Waals surface area contributed by atoms with Crippen LogP contribution >= 0.6 is 0 Å². The Labute approximate surface area is 183 Å². The molecule has 2 N–H and O–H groups in total. The van der Waals surface area contributed by atoms with Crippen molar-refractivity contribution in [2.45, 2.75) is 31.7 Å². The first-order chi connectivity index (χ1) is 15.3. The number of carboxylic acid groups (broad SMARTS) is 1. The number of carbonyl (C=O) groups is 3. The number of non-ortho nitro benzene ring substituents is 1. The number of aliphatic carboxylic acids is 1. The molecule has 0 aliphatic carbocycles. The van der Waals surface area contributed by atoms with E-state index in [4.69, 9.17) is 5.11 Å². The molecule has 166 valence electrons. The third-order valence-electron chi connectivity index (χ3n) is 5.30. The highest BCUT2D eigenvalue weighted by atomic mass is 16.6. The molecular weight excluding hydrogens is 416 g/mol. The Morgan fingerprint density at radius 3 is 2.22 bits per heavy atom. The molecule has 9 heteroatoms. The fourth-order valence-electron chi connectivity index (χ4n) is 3.72. The van der Waals surface area contributed by atoms with Crippen LogP contribution < -0.4 is 0 Å². The average Bonchev–Trinajstić information content (AvgIpc) is 3.03. The average molecular weight is 438 g/mol. The first-order valence-electron chi connectivity index (χ1n) is 10.1. The predicted molar refractivity (Wildman–Crippen MR) is 115 cm³/mol. The molecule has 9 nitrogen and oxygen atoms in total. The minimum atomic E-state index is -0.891. The number of nitro benzene ring substituents is 1. The number of carbonyl (C=O) groups excluding carboxylic acids is 2. The largest absolute Gasteiger partial charge is 0.507 e. The van der Waals surface area contributed by atoms with E-state index in [9.17, 15) is 29.6 Å². The van der Waals surface area contributed by atoms with E-state index in [2.05, 4.69) is 0 Å². The molecule has 2 aromatic rings. The lowest BCUT2D eigenvalue weighted by Gasteiger charge is -2.25. The zero-order valence-corrected chi connectivity index (χ0v) is 17.1. The molecule has 1 aliphatic heterocycles. The minimum absolute atomic E-state index is 0.0288. The van der Waals surface area contributed by atoms with Crippen molar-refractivity contribution in [2.75, 3.05) is 6.54 Å². The number of carboxylic acids is 1. The topological polar surface area (TPSA) is 138 Å². The van der Waals surface area contributed by atoms with Crippen LogP contribution in [0.5, 0.6) is 0 Å². The van der Waals surface area contributed by atoms with Crippen LogP contribution in [-0.2, 0) is 14.4 Å². The number of benzene rings is 2. The van der Waals surface area contributed by atoms with Crippen LogP contribution in [0.1, 0.15) is 42.9 Å². The summed E-state index contributed by atoms with van der Waals surface area (Å²) in [6, 6.07) is 13.1. The fourth-order valence-corrected chi connectivity index (χ4v) is 3.72. The van der Waals surface area contributed by atoms with Crippen LogP contribution in [0.3, 0.4) is 0 Å². The third-order valence-corrected chi connectivity index (χ3v) is 5.30. The molecule has 1 amide bonds. The number of likely N-dealkylation sites (tertiary alicyclic amines) is 1. The van der Waals surface area contributed by atoms with Crippen molar-refractivity contribution in [3.05, 3.63) is 81.4 Å². The SMILES string of the molecule is O=C(O)CCCCCN1C(=O)C(=O)/C(=C(/O)c2ccc([N+](=O)[O-])cc2)C1c1ccccc1. The van der Waals surface area contributed by atoms with Gasteiger partial charge in [0.15, 0.2) is 0 Å². The zero-order valence-electron chi connectivity index (χ0n) is 17.1. The van der Waals surface area contributed by atoms with Crippen LogP contribution in [0.4, 0.5) is 5.69 Å². The second-order valence-corrected chi connectivity index (χ2v) is 7.41. The Bertz CT molecular complexity index is 1060. The van der Waals surface area contributed by atoms with Gasteiger partial charge in [0.2, 0.25) is 0 Å². The van der Waals surface area contributed by atoms with Gasteiger partial charge in [-0.15, -0.1) is 0 Å². The lowest BCUT2D eigenvalue weighted by atomic mass is 9.95. The maximum Gasteiger partial charge on any atom is 0.303 e. The molecular formula is C23H22N2O7. The number of ketones is 1. The van der Waals surface area contributed by atoms with Gasteiger partial charge in [0, 0.05) is 30.7 Å². The van der Waals surface area contributed by atoms with Crippen LogP contribution in [-0.4, -0.2) is 44.2 Å². The molecule has 1 aliphatic rings. The third kappa shape index (κ3) is 4.83. The first kappa shape index (κ1) is 22.7. The number of nitro groups is 1. The van der Waals surface area contributed by atoms with Gasteiger partial charge in [-0.25, -0.2) is 0 Å². The smallest absolute Gasteiger partial charge is 0.303 e. The molecule has 0 saturated carbocycles. The molecule has 32 heavy (non-hydrogen) atoms. The second-order valence-electron chi connectivity index (χ2n) is 7.41. The van der Waals surface area contributed by atoms with Crippen molar-refractivity contribution in [3.8, 4) is 0 Å². The number of Topliss-reactive ketones (excluding diaryl/α,β-unsaturated/α-hetero) is 1. The number of hydrogen-bond donors (Lipinski definition) is 2. The quantitative estimate of drug-likeness (QED) is 0.152. The van der Waals surface area contributed by atoms with E-state index in [-0.39, 0.29) is 29.8 Å². The highest BCUT2D eigenvalue weighted by Gasteiger charge is 2.45. The molecule has 0 aromatic heterocycles. The normalized spacial score (nSPS) is 17.5. The summed E-state index contributed by atoms with van der Waals surface area (Å²) in [5.74, 6) is -2.88. The van der Waals surface area contributed by atoms with Gasteiger partial charge in [-0.1, -0.05) is 36.8 Å². The number of aliphatic hydroxyl groups is 1. The summed E-state index contributed by atoms with van der Waals surface area (Å²) in [6.07, 6.45) is 1.56. The van der Waals surface area contributed by atoms with Crippen LogP contribution in [0.25, 0.3) is 5.76 Å². The highest BCUT2D eigenvalue weighted by molar-refractivity contribution is 6.46. The molecule has 1 atom stereocenters. The molecule has 0 spiro atoms. The fraction of sp³-hybridized carbons (Fsp3) is 0.261. The standard InChI is InChI=1S/C23H22N2O7/c26-18(27)9-5-2-6-14-24-20(15-7-3-1-4-8-15)19(22(29)23(24)30)21(28)16-10-12-17(13-11-16)25(31)32/h1,3-4,7-8,10-13,20,28H,2,5-6,9,14H2,(H,26,27)/b21-19+. The Morgan fingerprint density at radius 2 is 1.62 bits per heavy atom. The van der Waals surface area contributed by atoms with Gasteiger partial charge in [0.25, 0.3) is 17.4 Å². The Hall–Kier alpha value is -4.01.